The first-order valence-electron chi connectivity index (χ1n) is 7.08. The minimum Gasteiger partial charge on any atom is -0.0602 e. The van der Waals surface area contributed by atoms with Crippen LogP contribution in [0.4, 0.5) is 0 Å². The molecule has 0 heterocycles. The van der Waals surface area contributed by atoms with Crippen molar-refractivity contribution in [1.29, 1.82) is 0 Å². The van der Waals surface area contributed by atoms with Crippen LogP contribution < -0.4 is 0 Å². The van der Waals surface area contributed by atoms with E-state index < -0.39 is 0 Å². The van der Waals surface area contributed by atoms with Crippen LogP contribution in [0.5, 0.6) is 0 Å². The third kappa shape index (κ3) is 6.98. The Kier molecular flexibility index (Phi) is 5.71. The molecule has 1 aliphatic carbocycles. The van der Waals surface area contributed by atoms with E-state index >= 15 is 0 Å². The molecular formula is C15H30. The molecule has 0 heteroatoms. The van der Waals surface area contributed by atoms with E-state index in [2.05, 4.69) is 20.8 Å². The zero-order valence-electron chi connectivity index (χ0n) is 11.1. The molecule has 0 radical (unpaired) electrons. The molecule has 0 aromatic rings. The van der Waals surface area contributed by atoms with Crippen LogP contribution in [-0.4, -0.2) is 0 Å². The monoisotopic (exact) mass is 210 g/mol. The second kappa shape index (κ2) is 6.55. The number of unbranched alkanes of at least 4 members (excludes halogenated alkanes) is 2. The molecule has 15 heavy (non-hydrogen) atoms. The van der Waals surface area contributed by atoms with Gasteiger partial charge in [-0.2, -0.15) is 0 Å². The molecule has 90 valence electrons. The Labute approximate surface area is 96.8 Å². The van der Waals surface area contributed by atoms with Gasteiger partial charge in [-0.25, -0.2) is 0 Å². The molecule has 0 nitrogen and oxygen atoms in total. The lowest BCUT2D eigenvalue weighted by atomic mass is 9.84. The van der Waals surface area contributed by atoms with Gasteiger partial charge >= 0.3 is 0 Å². The van der Waals surface area contributed by atoms with Crippen LogP contribution in [0.15, 0.2) is 0 Å². The molecule has 0 unspecified atom stereocenters. The summed E-state index contributed by atoms with van der Waals surface area (Å²) >= 11 is 0. The molecular weight excluding hydrogens is 180 g/mol. The van der Waals surface area contributed by atoms with Gasteiger partial charge in [0, 0.05) is 0 Å². The lowest BCUT2D eigenvalue weighted by molar-refractivity contribution is 0.317. The average molecular weight is 210 g/mol. The first-order valence-corrected chi connectivity index (χ1v) is 7.08. The van der Waals surface area contributed by atoms with E-state index in [1.807, 2.05) is 0 Å². The zero-order chi connectivity index (χ0) is 11.1. The topological polar surface area (TPSA) is 0 Å². The molecule has 1 saturated carbocycles. The maximum Gasteiger partial charge on any atom is -0.0383 e. The third-order valence-electron chi connectivity index (χ3n) is 3.76. The van der Waals surface area contributed by atoms with Crippen molar-refractivity contribution in [2.75, 3.05) is 0 Å². The highest BCUT2D eigenvalue weighted by Gasteiger charge is 2.13. The largest absolute Gasteiger partial charge is 0.0602 e. The van der Waals surface area contributed by atoms with Gasteiger partial charge in [-0.05, 0) is 17.8 Å². The Morgan fingerprint density at radius 1 is 0.867 bits per heavy atom. The predicted octanol–water partition coefficient (Wildman–Crippen LogP) is 5.56. The van der Waals surface area contributed by atoms with Gasteiger partial charge in [-0.1, -0.05) is 78.6 Å². The summed E-state index contributed by atoms with van der Waals surface area (Å²) in [7, 11) is 0. The van der Waals surface area contributed by atoms with Crippen LogP contribution in [0.1, 0.15) is 85.0 Å². The summed E-state index contributed by atoms with van der Waals surface area (Å²) in [5, 5.41) is 0. The van der Waals surface area contributed by atoms with E-state index in [0.29, 0.717) is 5.41 Å². The Balaban J connectivity index is 1.92. The van der Waals surface area contributed by atoms with Crippen LogP contribution in [0.3, 0.4) is 0 Å². The molecule has 0 amide bonds. The van der Waals surface area contributed by atoms with Crippen molar-refractivity contribution >= 4 is 0 Å². The quantitative estimate of drug-likeness (QED) is 0.521. The second-order valence-electron chi connectivity index (χ2n) is 6.66. The molecule has 0 saturated heterocycles. The Bertz CT molecular complexity index is 146. The standard InChI is InChI=1S/C15H30/c1-15(2,3)13-9-5-8-12-14-10-6-4-7-11-14/h14H,4-13H2,1-3H3. The van der Waals surface area contributed by atoms with Gasteiger partial charge in [-0.3, -0.25) is 0 Å². The van der Waals surface area contributed by atoms with Gasteiger partial charge < -0.3 is 0 Å². The maximum absolute atomic E-state index is 2.36. The molecule has 0 atom stereocenters. The molecule has 1 rings (SSSR count). The first-order chi connectivity index (χ1) is 7.08. The van der Waals surface area contributed by atoms with E-state index in [9.17, 15) is 0 Å². The molecule has 0 aromatic heterocycles. The highest BCUT2D eigenvalue weighted by atomic mass is 14.2. The van der Waals surface area contributed by atoms with E-state index in [1.54, 1.807) is 0 Å². The number of hydrogen-bond donors (Lipinski definition) is 0. The highest BCUT2D eigenvalue weighted by molar-refractivity contribution is 4.66. The maximum atomic E-state index is 2.36. The van der Waals surface area contributed by atoms with Crippen LogP contribution in [0.2, 0.25) is 0 Å². The lowest BCUT2D eigenvalue weighted by Crippen LogP contribution is -2.06. The van der Waals surface area contributed by atoms with Gasteiger partial charge in [0.15, 0.2) is 0 Å². The summed E-state index contributed by atoms with van der Waals surface area (Å²) in [5.74, 6) is 1.09. The summed E-state index contributed by atoms with van der Waals surface area (Å²) in [4.78, 5) is 0. The van der Waals surface area contributed by atoms with E-state index in [4.69, 9.17) is 0 Å². The van der Waals surface area contributed by atoms with Crippen molar-refractivity contribution in [1.82, 2.24) is 0 Å². The second-order valence-corrected chi connectivity index (χ2v) is 6.66. The van der Waals surface area contributed by atoms with Gasteiger partial charge in [0.2, 0.25) is 0 Å². The first kappa shape index (κ1) is 13.1. The van der Waals surface area contributed by atoms with E-state index in [-0.39, 0.29) is 0 Å². The highest BCUT2D eigenvalue weighted by Crippen LogP contribution is 2.29. The fourth-order valence-corrected chi connectivity index (χ4v) is 2.74. The van der Waals surface area contributed by atoms with Crippen LogP contribution in [0.25, 0.3) is 0 Å². The van der Waals surface area contributed by atoms with E-state index in [1.165, 1.54) is 64.2 Å². The van der Waals surface area contributed by atoms with Gasteiger partial charge in [0.05, 0.1) is 0 Å². The fraction of sp³-hybridized carbons (Fsp3) is 1.00. The van der Waals surface area contributed by atoms with Crippen molar-refractivity contribution in [3.63, 3.8) is 0 Å². The van der Waals surface area contributed by atoms with Gasteiger partial charge in [0.1, 0.15) is 0 Å². The number of rotatable bonds is 5. The molecule has 0 spiro atoms. The average Bonchev–Trinajstić information content (AvgIpc) is 2.17. The van der Waals surface area contributed by atoms with Crippen LogP contribution in [0, 0.1) is 11.3 Å². The smallest absolute Gasteiger partial charge is 0.0383 e. The lowest BCUT2D eigenvalue weighted by Gasteiger charge is -2.22. The third-order valence-corrected chi connectivity index (χ3v) is 3.76. The molecule has 0 aromatic carbocycles. The summed E-state index contributed by atoms with van der Waals surface area (Å²) < 4.78 is 0. The van der Waals surface area contributed by atoms with Crippen LogP contribution >= 0.6 is 0 Å². The van der Waals surface area contributed by atoms with Gasteiger partial charge in [0.25, 0.3) is 0 Å². The van der Waals surface area contributed by atoms with Crippen molar-refractivity contribution in [2.45, 2.75) is 85.0 Å². The molecule has 0 N–H and O–H groups in total. The minimum atomic E-state index is 0.546. The minimum absolute atomic E-state index is 0.546. The summed E-state index contributed by atoms with van der Waals surface area (Å²) in [6.07, 6.45) is 14.9. The van der Waals surface area contributed by atoms with Gasteiger partial charge in [-0.15, -0.1) is 0 Å². The Morgan fingerprint density at radius 3 is 2.13 bits per heavy atom. The SMILES string of the molecule is CC(C)(C)CCCCCC1CCCCC1. The van der Waals surface area contributed by atoms with Crippen molar-refractivity contribution in [3.8, 4) is 0 Å². The summed E-state index contributed by atoms with van der Waals surface area (Å²) in [6, 6.07) is 0. The van der Waals surface area contributed by atoms with E-state index in [0.717, 1.165) is 5.92 Å². The molecule has 1 aliphatic rings. The predicted molar refractivity (Wildman–Crippen MR) is 69.1 cm³/mol. The van der Waals surface area contributed by atoms with Crippen molar-refractivity contribution in [2.24, 2.45) is 11.3 Å². The van der Waals surface area contributed by atoms with Crippen molar-refractivity contribution in [3.05, 3.63) is 0 Å². The Hall–Kier alpha value is 0. The normalized spacial score (nSPS) is 19.4. The van der Waals surface area contributed by atoms with Crippen LogP contribution in [-0.2, 0) is 0 Å². The summed E-state index contributed by atoms with van der Waals surface area (Å²) in [6.45, 7) is 7.07. The summed E-state index contributed by atoms with van der Waals surface area (Å²) in [5.41, 5.74) is 0.546. The van der Waals surface area contributed by atoms with Crippen molar-refractivity contribution < 1.29 is 0 Å². The Morgan fingerprint density at radius 2 is 1.53 bits per heavy atom. The number of hydrogen-bond acceptors (Lipinski definition) is 0. The zero-order valence-corrected chi connectivity index (χ0v) is 11.1. The molecule has 0 bridgehead atoms. The fourth-order valence-electron chi connectivity index (χ4n) is 2.74. The molecule has 0 aliphatic heterocycles. The molecule has 1 fully saturated rings.